The molecule has 0 saturated carbocycles. The Balaban J connectivity index is 1.40. The van der Waals surface area contributed by atoms with Crippen LogP contribution < -0.4 is 15.2 Å². The first kappa shape index (κ1) is 35.1. The first-order valence-corrected chi connectivity index (χ1v) is 16.6. The topological polar surface area (TPSA) is 125 Å². The molecule has 1 saturated heterocycles. The van der Waals surface area contributed by atoms with Crippen LogP contribution in [-0.2, 0) is 19.4 Å². The van der Waals surface area contributed by atoms with Crippen molar-refractivity contribution in [1.29, 1.82) is 5.26 Å². The molecular weight excluding hydrogens is 700 g/mol. The summed E-state index contributed by atoms with van der Waals surface area (Å²) < 4.78 is 64.9. The second-order valence-corrected chi connectivity index (χ2v) is 13.5. The molecule has 260 valence electrons. The Bertz CT molecular complexity index is 2280. The van der Waals surface area contributed by atoms with Gasteiger partial charge in [-0.3, -0.25) is 9.36 Å². The van der Waals surface area contributed by atoms with Crippen LogP contribution in [0.5, 0.6) is 5.75 Å². The molecule has 2 aromatic carbocycles. The fourth-order valence-corrected chi connectivity index (χ4v) is 7.55. The number of fused-ring (bicyclic) bond motifs is 2. The number of piperazine rings is 1. The third-order valence-corrected chi connectivity index (χ3v) is 10.0. The Morgan fingerprint density at radius 3 is 2.48 bits per heavy atom. The maximum atomic E-state index is 14.4. The van der Waals surface area contributed by atoms with E-state index in [1.165, 1.54) is 33.8 Å². The minimum Gasteiger partial charge on any atom is -0.491 e. The molecule has 0 spiro atoms. The number of pyridine rings is 1. The van der Waals surface area contributed by atoms with Crippen molar-refractivity contribution < 1.29 is 32.2 Å². The SMILES string of the molecule is Cc1sc2c(-c3cc(Cl)ccc3OCCn3c(C)nc4cc(C(F)(F)F)c(N5CCN(C)CC5)c(C#N)c4c3=O)cc(CF)nc2c1C(=O)O. The minimum atomic E-state index is -4.80. The summed E-state index contributed by atoms with van der Waals surface area (Å²) in [5, 5.41) is 20.1. The molecule has 0 unspecified atom stereocenters. The Labute approximate surface area is 291 Å². The van der Waals surface area contributed by atoms with E-state index in [0.29, 0.717) is 44.6 Å². The second kappa shape index (κ2) is 13.5. The van der Waals surface area contributed by atoms with Crippen molar-refractivity contribution in [2.45, 2.75) is 33.2 Å². The summed E-state index contributed by atoms with van der Waals surface area (Å²) in [7, 11) is 1.85. The van der Waals surface area contributed by atoms with Crippen LogP contribution in [0.2, 0.25) is 5.02 Å². The van der Waals surface area contributed by atoms with Gasteiger partial charge in [0.25, 0.3) is 5.56 Å². The number of aromatic nitrogens is 3. The minimum absolute atomic E-state index is 0.0149. The number of carboxylic acid groups (broad SMARTS) is 1. The van der Waals surface area contributed by atoms with Crippen molar-refractivity contribution >= 4 is 55.7 Å². The molecule has 0 radical (unpaired) electrons. The average molecular weight is 729 g/mol. The standard InChI is InChI=1S/C34H29ClF4N6O4S/c1-17-27(33(47)48)29-31(50-17)22(13-20(15-36)42-29)21-12-19(35)4-5-26(21)49-11-10-45-18(2)41-25-14-24(34(37,38)39)30(23(16-40)28(25)32(45)46)44-8-6-43(3)7-9-44/h4-5,12-14H,6-11,15H2,1-3H3,(H,47,48). The summed E-state index contributed by atoms with van der Waals surface area (Å²) in [6.07, 6.45) is -4.80. The van der Waals surface area contributed by atoms with E-state index in [1.54, 1.807) is 25.1 Å². The molecule has 0 bridgehead atoms. The Hall–Kier alpha value is -4.78. The average Bonchev–Trinajstić information content (AvgIpc) is 3.41. The molecule has 50 heavy (non-hydrogen) atoms. The highest BCUT2D eigenvalue weighted by Crippen LogP contribution is 2.43. The first-order valence-electron chi connectivity index (χ1n) is 15.4. The van der Waals surface area contributed by atoms with Crippen LogP contribution >= 0.6 is 22.9 Å². The summed E-state index contributed by atoms with van der Waals surface area (Å²) >= 11 is 7.54. The lowest BCUT2D eigenvalue weighted by atomic mass is 10.00. The molecule has 4 heterocycles. The van der Waals surface area contributed by atoms with Crippen LogP contribution in [0.15, 0.2) is 35.1 Å². The van der Waals surface area contributed by atoms with Crippen molar-refractivity contribution in [1.82, 2.24) is 19.4 Å². The summed E-state index contributed by atoms with van der Waals surface area (Å²) in [6, 6.07) is 8.96. The molecule has 1 aliphatic rings. The number of nitriles is 1. The zero-order chi connectivity index (χ0) is 36.1. The molecule has 0 atom stereocenters. The van der Waals surface area contributed by atoms with E-state index in [0.717, 1.165) is 6.07 Å². The van der Waals surface area contributed by atoms with E-state index in [9.17, 15) is 37.5 Å². The van der Waals surface area contributed by atoms with Gasteiger partial charge in [-0.2, -0.15) is 18.4 Å². The third-order valence-electron chi connectivity index (χ3n) is 8.67. The van der Waals surface area contributed by atoms with Gasteiger partial charge in [0, 0.05) is 47.2 Å². The highest BCUT2D eigenvalue weighted by molar-refractivity contribution is 7.20. The van der Waals surface area contributed by atoms with E-state index in [2.05, 4.69) is 9.97 Å². The molecule has 5 aromatic rings. The number of aromatic carboxylic acids is 1. The molecule has 1 fully saturated rings. The molecule has 0 amide bonds. The number of halogens is 5. The van der Waals surface area contributed by atoms with Gasteiger partial charge in [-0.25, -0.2) is 19.2 Å². The number of nitrogens with zero attached hydrogens (tertiary/aromatic N) is 6. The predicted molar refractivity (Wildman–Crippen MR) is 182 cm³/mol. The lowest BCUT2D eigenvalue weighted by Gasteiger charge is -2.36. The van der Waals surface area contributed by atoms with E-state index in [4.69, 9.17) is 16.3 Å². The quantitative estimate of drug-likeness (QED) is 0.171. The van der Waals surface area contributed by atoms with Crippen molar-refractivity contribution in [3.63, 3.8) is 0 Å². The fraction of sp³-hybridized carbons (Fsp3) is 0.324. The van der Waals surface area contributed by atoms with Gasteiger partial charge >= 0.3 is 12.1 Å². The van der Waals surface area contributed by atoms with E-state index >= 15 is 0 Å². The smallest absolute Gasteiger partial charge is 0.418 e. The number of aryl methyl sites for hydroxylation is 2. The second-order valence-electron chi connectivity index (χ2n) is 11.9. The number of hydrogen-bond donors (Lipinski definition) is 1. The van der Waals surface area contributed by atoms with Gasteiger partial charge in [0.05, 0.1) is 55.7 Å². The molecule has 6 rings (SSSR count). The van der Waals surface area contributed by atoms with Crippen LogP contribution in [0.4, 0.5) is 23.2 Å². The zero-order valence-electron chi connectivity index (χ0n) is 27.0. The predicted octanol–water partition coefficient (Wildman–Crippen LogP) is 6.83. The van der Waals surface area contributed by atoms with Gasteiger partial charge in [-0.1, -0.05) is 11.6 Å². The van der Waals surface area contributed by atoms with Crippen LogP contribution in [-0.4, -0.2) is 70.3 Å². The fourth-order valence-electron chi connectivity index (χ4n) is 6.26. The van der Waals surface area contributed by atoms with Crippen molar-refractivity contribution in [2.24, 2.45) is 0 Å². The lowest BCUT2D eigenvalue weighted by molar-refractivity contribution is -0.137. The monoisotopic (exact) mass is 728 g/mol. The zero-order valence-corrected chi connectivity index (χ0v) is 28.6. The number of carboxylic acids is 1. The van der Waals surface area contributed by atoms with Gasteiger partial charge < -0.3 is 19.6 Å². The normalized spacial score (nSPS) is 14.0. The highest BCUT2D eigenvalue weighted by atomic mass is 35.5. The summed E-state index contributed by atoms with van der Waals surface area (Å²) in [6.45, 7) is 3.40. The number of rotatable bonds is 8. The van der Waals surface area contributed by atoms with E-state index in [-0.39, 0.29) is 71.0 Å². The Kier molecular flexibility index (Phi) is 9.47. The van der Waals surface area contributed by atoms with Gasteiger partial charge in [0.1, 0.15) is 30.9 Å². The highest BCUT2D eigenvalue weighted by Gasteiger charge is 2.39. The number of carbonyl (C=O) groups is 1. The number of thiophene rings is 1. The summed E-state index contributed by atoms with van der Waals surface area (Å²) in [4.78, 5) is 38.5. The maximum absolute atomic E-state index is 14.4. The molecule has 1 aliphatic heterocycles. The Morgan fingerprint density at radius 1 is 1.12 bits per heavy atom. The largest absolute Gasteiger partial charge is 0.491 e. The van der Waals surface area contributed by atoms with Crippen LogP contribution in [0.25, 0.3) is 32.2 Å². The summed E-state index contributed by atoms with van der Waals surface area (Å²) in [5.41, 5.74) is -1.65. The van der Waals surface area contributed by atoms with Gasteiger partial charge in [0.15, 0.2) is 0 Å². The van der Waals surface area contributed by atoms with Crippen molar-refractivity contribution in [2.75, 3.05) is 44.7 Å². The van der Waals surface area contributed by atoms with Crippen molar-refractivity contribution in [3.05, 3.63) is 78.8 Å². The summed E-state index contributed by atoms with van der Waals surface area (Å²) in [5.74, 6) is -0.787. The number of alkyl halides is 4. The Morgan fingerprint density at radius 2 is 1.84 bits per heavy atom. The molecule has 10 nitrogen and oxygen atoms in total. The molecular formula is C34H29ClF4N6O4S. The van der Waals surface area contributed by atoms with E-state index in [1.807, 2.05) is 18.0 Å². The molecule has 3 aromatic heterocycles. The lowest BCUT2D eigenvalue weighted by Crippen LogP contribution is -2.45. The van der Waals surface area contributed by atoms with Crippen LogP contribution in [0.3, 0.4) is 0 Å². The number of ether oxygens (including phenoxy) is 1. The van der Waals surface area contributed by atoms with E-state index < -0.39 is 29.9 Å². The van der Waals surface area contributed by atoms with Crippen LogP contribution in [0.1, 0.15) is 37.9 Å². The maximum Gasteiger partial charge on any atom is 0.418 e. The van der Waals surface area contributed by atoms with Gasteiger partial charge in [0.2, 0.25) is 0 Å². The van der Waals surface area contributed by atoms with Crippen molar-refractivity contribution in [3.8, 4) is 22.9 Å². The number of likely N-dealkylation sites (N-methyl/N-ethyl adjacent to an activating group) is 1. The molecule has 1 N–H and O–H groups in total. The molecule has 0 aliphatic carbocycles. The van der Waals surface area contributed by atoms with Gasteiger partial charge in [-0.05, 0) is 51.2 Å². The third kappa shape index (κ3) is 6.34. The number of anilines is 1. The first-order chi connectivity index (χ1) is 23.7. The number of benzene rings is 2. The number of hydrogen-bond acceptors (Lipinski definition) is 9. The van der Waals surface area contributed by atoms with Crippen LogP contribution in [0, 0.1) is 25.2 Å². The molecule has 16 heteroatoms. The van der Waals surface area contributed by atoms with Gasteiger partial charge in [-0.15, -0.1) is 11.3 Å².